The second kappa shape index (κ2) is 11.5. The zero-order valence-corrected chi connectivity index (χ0v) is 20.8. The molecule has 1 aliphatic rings. The summed E-state index contributed by atoms with van der Waals surface area (Å²) in [5, 5.41) is 14.8. The van der Waals surface area contributed by atoms with Crippen molar-refractivity contribution < 1.29 is 9.84 Å². The van der Waals surface area contributed by atoms with E-state index in [1.54, 1.807) is 0 Å². The van der Waals surface area contributed by atoms with Crippen molar-refractivity contribution in [2.24, 2.45) is 0 Å². The van der Waals surface area contributed by atoms with Crippen molar-refractivity contribution in [1.82, 2.24) is 14.8 Å². The number of pyridine rings is 1. The Morgan fingerprint density at radius 1 is 0.833 bits per heavy atom. The molecule has 5 rings (SSSR count). The van der Waals surface area contributed by atoms with Crippen LogP contribution in [0.25, 0.3) is 10.9 Å². The number of benzene rings is 3. The Kier molecular flexibility index (Phi) is 7.76. The van der Waals surface area contributed by atoms with Gasteiger partial charge in [0.1, 0.15) is 24.3 Å². The summed E-state index contributed by atoms with van der Waals surface area (Å²) < 4.78 is 6.02. The van der Waals surface area contributed by atoms with Gasteiger partial charge in [-0.1, -0.05) is 66.7 Å². The van der Waals surface area contributed by atoms with Gasteiger partial charge >= 0.3 is 0 Å². The number of nitrogens with zero attached hydrogens (tertiary/aromatic N) is 3. The number of nitrogens with one attached hydrogen (secondary N) is 1. The maximum Gasteiger partial charge on any atom is 0.128 e. The Hall–Kier alpha value is -3.45. The fraction of sp³-hybridized carbons (Fsp3) is 0.300. The molecule has 1 aliphatic heterocycles. The first-order valence-electron chi connectivity index (χ1n) is 12.7. The highest BCUT2D eigenvalue weighted by Gasteiger charge is 2.27. The van der Waals surface area contributed by atoms with Crippen LogP contribution in [0, 0.1) is 0 Å². The third-order valence-corrected chi connectivity index (χ3v) is 6.85. The molecule has 6 nitrogen and oxygen atoms in total. The molecule has 2 N–H and O–H groups in total. The molecule has 6 heteroatoms. The summed E-state index contributed by atoms with van der Waals surface area (Å²) in [5.74, 6) is 1.57. The molecule has 0 aliphatic carbocycles. The Labute approximate surface area is 213 Å². The lowest BCUT2D eigenvalue weighted by atomic mass is 9.96. The zero-order valence-electron chi connectivity index (χ0n) is 20.8. The Morgan fingerprint density at radius 3 is 2.14 bits per heavy atom. The largest absolute Gasteiger partial charge is 0.490 e. The van der Waals surface area contributed by atoms with Gasteiger partial charge in [-0.05, 0) is 35.4 Å². The average Bonchev–Trinajstić information content (AvgIpc) is 2.94. The van der Waals surface area contributed by atoms with Crippen LogP contribution in [0.1, 0.15) is 17.2 Å². The molecule has 1 atom stereocenters. The SMILES string of the molecule is CNc1ccc2c(OCC(O)CN3CCN(C(c4ccccc4)c4ccccc4)CC3)cccc2n1. The maximum atomic E-state index is 10.7. The second-order valence-electron chi connectivity index (χ2n) is 9.29. The Bertz CT molecular complexity index is 1200. The summed E-state index contributed by atoms with van der Waals surface area (Å²) in [6, 6.07) is 31.5. The molecule has 0 saturated carbocycles. The van der Waals surface area contributed by atoms with Gasteiger partial charge in [-0.2, -0.15) is 0 Å². The van der Waals surface area contributed by atoms with Gasteiger partial charge in [0, 0.05) is 45.2 Å². The van der Waals surface area contributed by atoms with Crippen LogP contribution in [0.5, 0.6) is 5.75 Å². The molecule has 0 amide bonds. The standard InChI is InChI=1S/C30H34N4O2/c1-31-29-16-15-26-27(32-29)13-8-14-28(26)36-22-25(35)21-33-17-19-34(20-18-33)30(23-9-4-2-5-10-23)24-11-6-3-7-12-24/h2-16,25,30,35H,17-22H2,1H3,(H,31,32). The molecular formula is C30H34N4O2. The van der Waals surface area contributed by atoms with E-state index in [2.05, 4.69) is 80.8 Å². The first-order chi connectivity index (χ1) is 17.7. The van der Waals surface area contributed by atoms with E-state index in [9.17, 15) is 5.11 Å². The minimum Gasteiger partial charge on any atom is -0.490 e. The van der Waals surface area contributed by atoms with Gasteiger partial charge in [0.25, 0.3) is 0 Å². The van der Waals surface area contributed by atoms with Crippen LogP contribution in [0.2, 0.25) is 0 Å². The van der Waals surface area contributed by atoms with Gasteiger partial charge in [0.15, 0.2) is 0 Å². The highest BCUT2D eigenvalue weighted by atomic mass is 16.5. The third kappa shape index (κ3) is 5.68. The summed E-state index contributed by atoms with van der Waals surface area (Å²) in [7, 11) is 1.86. The van der Waals surface area contributed by atoms with Gasteiger partial charge in [-0.25, -0.2) is 4.98 Å². The van der Waals surface area contributed by atoms with Crippen LogP contribution in [-0.4, -0.2) is 72.4 Å². The van der Waals surface area contributed by atoms with E-state index in [1.807, 2.05) is 37.4 Å². The van der Waals surface area contributed by atoms with E-state index in [-0.39, 0.29) is 12.6 Å². The monoisotopic (exact) mass is 482 g/mol. The van der Waals surface area contributed by atoms with Crippen molar-refractivity contribution in [3.05, 3.63) is 102 Å². The highest BCUT2D eigenvalue weighted by molar-refractivity contribution is 5.86. The van der Waals surface area contributed by atoms with Gasteiger partial charge in [0.2, 0.25) is 0 Å². The minimum absolute atomic E-state index is 0.242. The van der Waals surface area contributed by atoms with Crippen LogP contribution < -0.4 is 10.1 Å². The Balaban J connectivity index is 1.17. The number of hydrogen-bond donors (Lipinski definition) is 2. The normalized spacial score (nSPS) is 15.8. The molecule has 0 bridgehead atoms. The fourth-order valence-electron chi connectivity index (χ4n) is 5.02. The van der Waals surface area contributed by atoms with E-state index < -0.39 is 6.10 Å². The lowest BCUT2D eigenvalue weighted by Crippen LogP contribution is -2.50. The summed E-state index contributed by atoms with van der Waals surface area (Å²) in [4.78, 5) is 9.46. The lowest BCUT2D eigenvalue weighted by Gasteiger charge is -2.40. The van der Waals surface area contributed by atoms with Crippen molar-refractivity contribution in [3.63, 3.8) is 0 Å². The lowest BCUT2D eigenvalue weighted by molar-refractivity contribution is 0.0404. The quantitative estimate of drug-likeness (QED) is 0.368. The van der Waals surface area contributed by atoms with Crippen molar-refractivity contribution in [1.29, 1.82) is 0 Å². The summed E-state index contributed by atoms with van der Waals surface area (Å²) >= 11 is 0. The third-order valence-electron chi connectivity index (χ3n) is 6.85. The van der Waals surface area contributed by atoms with E-state index >= 15 is 0 Å². The summed E-state index contributed by atoms with van der Waals surface area (Å²) in [6.45, 7) is 4.58. The molecule has 0 radical (unpaired) electrons. The van der Waals surface area contributed by atoms with E-state index in [4.69, 9.17) is 4.74 Å². The fourth-order valence-corrected chi connectivity index (χ4v) is 5.02. The predicted octanol–water partition coefficient (Wildman–Crippen LogP) is 4.42. The van der Waals surface area contributed by atoms with Gasteiger partial charge < -0.3 is 15.2 Å². The number of piperazine rings is 1. The first-order valence-corrected chi connectivity index (χ1v) is 12.7. The highest BCUT2D eigenvalue weighted by Crippen LogP contribution is 2.30. The minimum atomic E-state index is -0.560. The number of aromatic nitrogens is 1. The van der Waals surface area contributed by atoms with Crippen molar-refractivity contribution >= 4 is 16.7 Å². The zero-order chi connectivity index (χ0) is 24.7. The molecule has 1 aromatic heterocycles. The van der Waals surface area contributed by atoms with Crippen LogP contribution >= 0.6 is 0 Å². The molecule has 1 unspecified atom stereocenters. The van der Waals surface area contributed by atoms with Crippen LogP contribution in [0.4, 0.5) is 5.82 Å². The molecule has 4 aromatic rings. The van der Waals surface area contributed by atoms with Crippen molar-refractivity contribution in [3.8, 4) is 5.75 Å². The number of rotatable bonds is 9. The molecule has 0 spiro atoms. The molecule has 2 heterocycles. The van der Waals surface area contributed by atoms with E-state index in [0.29, 0.717) is 6.54 Å². The molecule has 1 saturated heterocycles. The Morgan fingerprint density at radius 2 is 1.50 bits per heavy atom. The summed E-state index contributed by atoms with van der Waals surface area (Å²) in [6.07, 6.45) is -0.560. The first kappa shape index (κ1) is 24.3. The topological polar surface area (TPSA) is 60.9 Å². The number of aliphatic hydroxyl groups is 1. The molecule has 3 aromatic carbocycles. The molecule has 1 fully saturated rings. The number of fused-ring (bicyclic) bond motifs is 1. The maximum absolute atomic E-state index is 10.7. The van der Waals surface area contributed by atoms with Gasteiger partial charge in [0.05, 0.1) is 11.6 Å². The number of hydrogen-bond acceptors (Lipinski definition) is 6. The second-order valence-corrected chi connectivity index (χ2v) is 9.29. The average molecular weight is 483 g/mol. The number of β-amino-alcohol motifs (C(OH)–C–C–N with tert-alkyl or cyclic N) is 1. The number of anilines is 1. The number of aliphatic hydroxyl groups excluding tert-OH is 1. The van der Waals surface area contributed by atoms with Crippen LogP contribution in [0.3, 0.4) is 0 Å². The summed E-state index contributed by atoms with van der Waals surface area (Å²) in [5.41, 5.74) is 3.50. The molecular weight excluding hydrogens is 448 g/mol. The van der Waals surface area contributed by atoms with Crippen molar-refractivity contribution in [2.45, 2.75) is 12.1 Å². The van der Waals surface area contributed by atoms with E-state index in [1.165, 1.54) is 11.1 Å². The number of ether oxygens (including phenoxy) is 1. The van der Waals surface area contributed by atoms with Crippen LogP contribution in [0.15, 0.2) is 91.0 Å². The predicted molar refractivity (Wildman–Crippen MR) is 146 cm³/mol. The molecule has 36 heavy (non-hydrogen) atoms. The van der Waals surface area contributed by atoms with Crippen molar-refractivity contribution in [2.75, 3.05) is 51.7 Å². The van der Waals surface area contributed by atoms with Gasteiger partial charge in [-0.3, -0.25) is 9.80 Å². The molecule has 186 valence electrons. The smallest absolute Gasteiger partial charge is 0.128 e. The van der Waals surface area contributed by atoms with E-state index in [0.717, 1.165) is 48.6 Å². The van der Waals surface area contributed by atoms with Crippen LogP contribution in [-0.2, 0) is 0 Å². The van der Waals surface area contributed by atoms with Gasteiger partial charge in [-0.15, -0.1) is 0 Å².